The van der Waals surface area contributed by atoms with Crippen LogP contribution in [-0.2, 0) is 18.9 Å². The SMILES string of the molecule is CC1=C(/C=C/C(C)=C/C=C/C(C)=C/C=C/C=C(\C)[B-]23OC(=O)C[N+]2(C)CC(=O)O3)C(C)(C)CCC1. The molecule has 0 aromatic carbocycles. The van der Waals surface area contributed by atoms with Gasteiger partial charge in [0.1, 0.15) is 13.1 Å². The standard InChI is InChI=1S/C29H40BNO4/c1-22(13-10-14-23(2)17-18-26-24(3)15-11-19-29(26,5)6)12-8-9-16-25(4)30-31(7,20-27(32)34-30)21-28(33)35-30/h8-10,12-14,16-18H,11,15,19-21H2,1-7H3/b9-8+,13-10+,18-17+,22-12+,23-14+,25-16+. The third kappa shape index (κ3) is 5.87. The number of quaternary nitrogens is 1. The lowest BCUT2D eigenvalue weighted by molar-refractivity contribution is -0.792. The fourth-order valence-corrected chi connectivity index (χ4v) is 5.50. The van der Waals surface area contributed by atoms with Gasteiger partial charge in [-0.15, -0.1) is 0 Å². The van der Waals surface area contributed by atoms with E-state index in [9.17, 15) is 9.59 Å². The van der Waals surface area contributed by atoms with Gasteiger partial charge in [-0.1, -0.05) is 97.6 Å². The van der Waals surface area contributed by atoms with Crippen LogP contribution in [0.15, 0.2) is 82.4 Å². The third-order valence-corrected chi connectivity index (χ3v) is 7.56. The summed E-state index contributed by atoms with van der Waals surface area (Å²) in [5.41, 5.74) is 6.31. The van der Waals surface area contributed by atoms with Crippen LogP contribution in [0.1, 0.15) is 60.8 Å². The highest BCUT2D eigenvalue weighted by Crippen LogP contribution is 2.41. The van der Waals surface area contributed by atoms with Gasteiger partial charge in [0.2, 0.25) is 0 Å². The Morgan fingerprint density at radius 1 is 0.914 bits per heavy atom. The van der Waals surface area contributed by atoms with Crippen LogP contribution in [0.25, 0.3) is 0 Å². The van der Waals surface area contributed by atoms with Gasteiger partial charge in [0.25, 0.3) is 0 Å². The number of rotatable bonds is 7. The zero-order valence-electron chi connectivity index (χ0n) is 22.4. The number of allylic oxidation sites excluding steroid dienone is 14. The largest absolute Gasteiger partial charge is 0.610 e. The van der Waals surface area contributed by atoms with E-state index in [-0.39, 0.29) is 34.8 Å². The molecule has 35 heavy (non-hydrogen) atoms. The van der Waals surface area contributed by atoms with Gasteiger partial charge in [-0.25, -0.2) is 0 Å². The summed E-state index contributed by atoms with van der Waals surface area (Å²) in [6.45, 7) is 11.1. The molecule has 0 N–H and O–H groups in total. The van der Waals surface area contributed by atoms with Crippen molar-refractivity contribution in [2.75, 3.05) is 20.1 Å². The lowest BCUT2D eigenvalue weighted by atomic mass is 9.61. The van der Waals surface area contributed by atoms with Crippen molar-refractivity contribution in [2.45, 2.75) is 60.8 Å². The molecule has 3 rings (SSSR count). The predicted octanol–water partition coefficient (Wildman–Crippen LogP) is 6.06. The first-order valence-electron chi connectivity index (χ1n) is 12.6. The molecule has 0 radical (unpaired) electrons. The number of hydrogen-bond acceptors (Lipinski definition) is 4. The molecule has 2 aliphatic heterocycles. The van der Waals surface area contributed by atoms with E-state index >= 15 is 0 Å². The van der Waals surface area contributed by atoms with Gasteiger partial charge in [-0.3, -0.25) is 9.59 Å². The molecule has 6 heteroatoms. The summed E-state index contributed by atoms with van der Waals surface area (Å²) in [6.07, 6.45) is 22.2. The average Bonchev–Trinajstić information content (AvgIpc) is 3.13. The Kier molecular flexibility index (Phi) is 7.95. The lowest BCUT2D eigenvalue weighted by Gasteiger charge is -2.40. The van der Waals surface area contributed by atoms with Crippen molar-refractivity contribution in [3.05, 3.63) is 82.4 Å². The average molecular weight is 477 g/mol. The van der Waals surface area contributed by atoms with E-state index in [2.05, 4.69) is 58.1 Å². The zero-order valence-corrected chi connectivity index (χ0v) is 22.4. The first kappa shape index (κ1) is 26.7. The molecule has 188 valence electrons. The summed E-state index contributed by atoms with van der Waals surface area (Å²) in [7, 11) is 1.84. The van der Waals surface area contributed by atoms with Crippen molar-refractivity contribution in [2.24, 2.45) is 5.41 Å². The molecule has 0 bridgehead atoms. The minimum Gasteiger partial charge on any atom is -0.596 e. The number of likely N-dealkylation sites (N-methyl/N-ethyl adjacent to an activating group) is 1. The van der Waals surface area contributed by atoms with Crippen LogP contribution >= 0.6 is 0 Å². The monoisotopic (exact) mass is 477 g/mol. The van der Waals surface area contributed by atoms with Gasteiger partial charge in [0.05, 0.1) is 0 Å². The predicted molar refractivity (Wildman–Crippen MR) is 143 cm³/mol. The van der Waals surface area contributed by atoms with E-state index in [1.54, 1.807) is 0 Å². The zero-order chi connectivity index (χ0) is 25.9. The van der Waals surface area contributed by atoms with Gasteiger partial charge in [-0.2, -0.15) is 0 Å². The van der Waals surface area contributed by atoms with E-state index in [1.165, 1.54) is 36.0 Å². The van der Waals surface area contributed by atoms with E-state index in [4.69, 9.17) is 9.31 Å². The number of carbonyl (C=O) groups excluding carboxylic acids is 2. The van der Waals surface area contributed by atoms with Crippen molar-refractivity contribution in [3.8, 4) is 0 Å². The van der Waals surface area contributed by atoms with E-state index in [1.807, 2.05) is 45.2 Å². The maximum Gasteiger partial charge on any atom is 0.610 e. The maximum atomic E-state index is 11.9. The summed E-state index contributed by atoms with van der Waals surface area (Å²) in [6, 6.07) is 0. The Hall–Kier alpha value is -2.86. The van der Waals surface area contributed by atoms with Crippen LogP contribution < -0.4 is 0 Å². The van der Waals surface area contributed by atoms with Crippen LogP contribution in [0.4, 0.5) is 0 Å². The second-order valence-electron chi connectivity index (χ2n) is 11.2. The molecule has 1 aliphatic carbocycles. The molecular formula is C29H40BNO4. The highest BCUT2D eigenvalue weighted by Gasteiger charge is 2.65. The molecule has 2 heterocycles. The van der Waals surface area contributed by atoms with Crippen molar-refractivity contribution in [3.63, 3.8) is 0 Å². The van der Waals surface area contributed by atoms with Crippen molar-refractivity contribution in [1.82, 2.24) is 0 Å². The topological polar surface area (TPSA) is 52.6 Å². The second-order valence-corrected chi connectivity index (χ2v) is 11.2. The summed E-state index contributed by atoms with van der Waals surface area (Å²) in [5, 5.41) is 0. The van der Waals surface area contributed by atoms with E-state index < -0.39 is 6.69 Å². The van der Waals surface area contributed by atoms with Crippen LogP contribution in [0, 0.1) is 5.41 Å². The lowest BCUT2D eigenvalue weighted by Crippen LogP contribution is -2.61. The maximum absolute atomic E-state index is 11.9. The Balaban J connectivity index is 1.61. The fourth-order valence-electron chi connectivity index (χ4n) is 5.50. The summed E-state index contributed by atoms with van der Waals surface area (Å²) >= 11 is 0. The molecule has 2 fully saturated rings. The minimum atomic E-state index is -2.13. The number of carbonyl (C=O) groups is 2. The molecule has 5 nitrogen and oxygen atoms in total. The number of nitrogens with zero attached hydrogens (tertiary/aromatic N) is 1. The molecule has 0 atom stereocenters. The molecule has 0 aromatic rings. The van der Waals surface area contributed by atoms with Gasteiger partial charge in [0.15, 0.2) is 0 Å². The molecular weight excluding hydrogens is 437 g/mol. The van der Waals surface area contributed by atoms with Crippen LogP contribution in [0.2, 0.25) is 0 Å². The van der Waals surface area contributed by atoms with Gasteiger partial charge in [-0.05, 0) is 51.0 Å². The molecule has 0 spiro atoms. The Labute approximate surface area is 210 Å². The highest BCUT2D eigenvalue weighted by atomic mass is 16.7. The van der Waals surface area contributed by atoms with Crippen LogP contribution in [0.5, 0.6) is 0 Å². The molecule has 2 saturated heterocycles. The van der Waals surface area contributed by atoms with Crippen molar-refractivity contribution >= 4 is 18.6 Å². The van der Waals surface area contributed by atoms with Gasteiger partial charge >= 0.3 is 18.6 Å². The van der Waals surface area contributed by atoms with E-state index in [0.29, 0.717) is 0 Å². The fraction of sp³-hybridized carbons (Fsp3) is 0.448. The molecule has 0 saturated carbocycles. The van der Waals surface area contributed by atoms with E-state index in [0.717, 1.165) is 11.0 Å². The van der Waals surface area contributed by atoms with Gasteiger partial charge < -0.3 is 13.7 Å². The van der Waals surface area contributed by atoms with Gasteiger partial charge in [0, 0.05) is 7.05 Å². The summed E-state index contributed by atoms with van der Waals surface area (Å²) in [4.78, 5) is 23.8. The Bertz CT molecular complexity index is 1080. The van der Waals surface area contributed by atoms with Crippen molar-refractivity contribution < 1.29 is 23.3 Å². The molecule has 3 aliphatic rings. The normalized spacial score (nSPS) is 30.1. The van der Waals surface area contributed by atoms with Crippen LogP contribution in [-0.4, -0.2) is 43.2 Å². The number of hydrogen-bond donors (Lipinski definition) is 0. The quantitative estimate of drug-likeness (QED) is 0.331. The smallest absolute Gasteiger partial charge is 0.596 e. The summed E-state index contributed by atoms with van der Waals surface area (Å²) in [5.74, 6) is -0.657. The second kappa shape index (κ2) is 10.4. The minimum absolute atomic E-state index is 0.154. The van der Waals surface area contributed by atoms with Crippen LogP contribution in [0.3, 0.4) is 0 Å². The first-order valence-corrected chi connectivity index (χ1v) is 12.6. The third-order valence-electron chi connectivity index (χ3n) is 7.56. The highest BCUT2D eigenvalue weighted by molar-refractivity contribution is 6.73. The number of fused-ring (bicyclic) bond motifs is 1. The molecule has 0 aromatic heterocycles. The Morgan fingerprint density at radius 2 is 1.49 bits per heavy atom. The molecule has 0 unspecified atom stereocenters. The Morgan fingerprint density at radius 3 is 2.11 bits per heavy atom. The van der Waals surface area contributed by atoms with Crippen molar-refractivity contribution in [1.29, 1.82) is 0 Å². The summed E-state index contributed by atoms with van der Waals surface area (Å²) < 4.78 is 11.3. The molecule has 0 amide bonds. The first-order chi connectivity index (χ1) is 16.4.